The lowest BCUT2D eigenvalue weighted by Crippen LogP contribution is -2.43. The van der Waals surface area contributed by atoms with E-state index in [9.17, 15) is 14.4 Å². The van der Waals surface area contributed by atoms with Gasteiger partial charge in [-0.05, 0) is 32.6 Å². The number of carbonyl (C=O) groups is 3. The van der Waals surface area contributed by atoms with E-state index in [0.29, 0.717) is 19.0 Å². The van der Waals surface area contributed by atoms with Crippen LogP contribution in [0.15, 0.2) is 0 Å². The van der Waals surface area contributed by atoms with Gasteiger partial charge in [0, 0.05) is 25.0 Å². The Morgan fingerprint density at radius 3 is 2.46 bits per heavy atom. The van der Waals surface area contributed by atoms with E-state index in [0.717, 1.165) is 32.1 Å². The van der Waals surface area contributed by atoms with Crippen LogP contribution in [0.1, 0.15) is 71.1 Å². The lowest BCUT2D eigenvalue weighted by Gasteiger charge is -2.22. The third-order valence-electron chi connectivity index (χ3n) is 4.19. The molecule has 1 rings (SSSR count). The van der Waals surface area contributed by atoms with Crippen molar-refractivity contribution in [3.05, 3.63) is 0 Å². The number of amides is 3. The number of aliphatic carboxylic acids is 1. The van der Waals surface area contributed by atoms with Gasteiger partial charge in [-0.2, -0.15) is 0 Å². The molecule has 3 amide bonds. The van der Waals surface area contributed by atoms with Gasteiger partial charge in [0.25, 0.3) is 0 Å². The van der Waals surface area contributed by atoms with Gasteiger partial charge in [0.1, 0.15) is 0 Å². The third kappa shape index (κ3) is 10.1. The largest absolute Gasteiger partial charge is 0.481 e. The van der Waals surface area contributed by atoms with E-state index in [1.54, 1.807) is 6.92 Å². The maximum absolute atomic E-state index is 11.7. The minimum absolute atomic E-state index is 0.0637. The molecule has 0 spiro atoms. The minimum atomic E-state index is -0.916. The highest BCUT2D eigenvalue weighted by molar-refractivity contribution is 5.77. The highest BCUT2D eigenvalue weighted by Gasteiger charge is 2.15. The fraction of sp³-hybridized carbons (Fsp3) is 0.824. The van der Waals surface area contributed by atoms with Gasteiger partial charge in [-0.25, -0.2) is 4.79 Å². The van der Waals surface area contributed by atoms with Crippen LogP contribution in [-0.2, 0) is 9.59 Å². The molecule has 0 bridgehead atoms. The topological polar surface area (TPSA) is 108 Å². The van der Waals surface area contributed by atoms with Crippen molar-refractivity contribution in [2.75, 3.05) is 6.54 Å². The standard InChI is InChI=1S/C17H31N3O4/c1-13(12-16(22)23)19-15(21)10-6-3-7-11-18-17(24)20-14-8-4-2-5-9-14/h13-14H,2-12H2,1H3,(H,19,21)(H,22,23)(H2,18,20,24). The second-order valence-electron chi connectivity index (χ2n) is 6.61. The Morgan fingerprint density at radius 1 is 1.08 bits per heavy atom. The minimum Gasteiger partial charge on any atom is -0.481 e. The molecule has 4 N–H and O–H groups in total. The number of urea groups is 1. The molecule has 1 aliphatic carbocycles. The fourth-order valence-electron chi connectivity index (χ4n) is 2.93. The summed E-state index contributed by atoms with van der Waals surface area (Å²) in [5.41, 5.74) is 0. The predicted octanol–water partition coefficient (Wildman–Crippen LogP) is 2.16. The van der Waals surface area contributed by atoms with Gasteiger partial charge in [-0.3, -0.25) is 9.59 Å². The zero-order valence-corrected chi connectivity index (χ0v) is 14.6. The summed E-state index contributed by atoms with van der Waals surface area (Å²) in [5, 5.41) is 17.2. The second kappa shape index (κ2) is 11.7. The van der Waals surface area contributed by atoms with Crippen molar-refractivity contribution in [1.29, 1.82) is 0 Å². The summed E-state index contributed by atoms with van der Waals surface area (Å²) in [4.78, 5) is 33.9. The maximum Gasteiger partial charge on any atom is 0.315 e. The monoisotopic (exact) mass is 341 g/mol. The van der Waals surface area contributed by atoms with Crippen molar-refractivity contribution in [3.63, 3.8) is 0 Å². The zero-order valence-electron chi connectivity index (χ0n) is 14.6. The molecule has 1 unspecified atom stereocenters. The first-order chi connectivity index (χ1) is 11.5. The number of carboxylic acids is 1. The number of hydrogen-bond donors (Lipinski definition) is 4. The van der Waals surface area contributed by atoms with Gasteiger partial charge in [-0.1, -0.05) is 25.7 Å². The molecule has 7 nitrogen and oxygen atoms in total. The van der Waals surface area contributed by atoms with E-state index in [1.165, 1.54) is 19.3 Å². The van der Waals surface area contributed by atoms with Crippen LogP contribution in [0, 0.1) is 0 Å². The molecule has 0 aromatic rings. The van der Waals surface area contributed by atoms with E-state index < -0.39 is 5.97 Å². The number of hydrogen-bond acceptors (Lipinski definition) is 3. The van der Waals surface area contributed by atoms with Crippen molar-refractivity contribution in [2.24, 2.45) is 0 Å². The molecule has 1 fully saturated rings. The number of rotatable bonds is 10. The first-order valence-electron chi connectivity index (χ1n) is 9.03. The van der Waals surface area contributed by atoms with Gasteiger partial charge in [0.05, 0.1) is 6.42 Å². The molecule has 0 aliphatic heterocycles. The Labute approximate surface area is 144 Å². The van der Waals surface area contributed by atoms with Gasteiger partial charge in [0.2, 0.25) is 5.91 Å². The SMILES string of the molecule is CC(CC(=O)O)NC(=O)CCCCCNC(=O)NC1CCCCC1. The fourth-order valence-corrected chi connectivity index (χ4v) is 2.93. The van der Waals surface area contributed by atoms with Crippen molar-refractivity contribution in [1.82, 2.24) is 16.0 Å². The zero-order chi connectivity index (χ0) is 17.8. The maximum atomic E-state index is 11.7. The van der Waals surface area contributed by atoms with Crippen molar-refractivity contribution in [3.8, 4) is 0 Å². The lowest BCUT2D eigenvalue weighted by molar-refractivity contribution is -0.137. The van der Waals surface area contributed by atoms with Crippen molar-refractivity contribution >= 4 is 17.9 Å². The number of nitrogens with one attached hydrogen (secondary N) is 3. The number of unbranched alkanes of at least 4 members (excludes halogenated alkanes) is 2. The third-order valence-corrected chi connectivity index (χ3v) is 4.19. The molecule has 1 atom stereocenters. The smallest absolute Gasteiger partial charge is 0.315 e. The van der Waals surface area contributed by atoms with Gasteiger partial charge >= 0.3 is 12.0 Å². The summed E-state index contributed by atoms with van der Waals surface area (Å²) < 4.78 is 0. The van der Waals surface area contributed by atoms with E-state index in [4.69, 9.17) is 5.11 Å². The molecule has 1 saturated carbocycles. The summed E-state index contributed by atoms with van der Waals surface area (Å²) in [7, 11) is 0. The van der Waals surface area contributed by atoms with Crippen LogP contribution in [0.25, 0.3) is 0 Å². The Hall–Kier alpha value is -1.79. The van der Waals surface area contributed by atoms with Crippen LogP contribution in [0.2, 0.25) is 0 Å². The molecule has 24 heavy (non-hydrogen) atoms. The van der Waals surface area contributed by atoms with E-state index >= 15 is 0 Å². The average molecular weight is 341 g/mol. The number of carbonyl (C=O) groups excluding carboxylic acids is 2. The van der Waals surface area contributed by atoms with Gasteiger partial charge < -0.3 is 21.1 Å². The second-order valence-corrected chi connectivity index (χ2v) is 6.61. The summed E-state index contributed by atoms with van der Waals surface area (Å²) in [6, 6.07) is -0.127. The Balaban J connectivity index is 1.96. The van der Waals surface area contributed by atoms with Crippen LogP contribution < -0.4 is 16.0 Å². The summed E-state index contributed by atoms with van der Waals surface area (Å²) in [6.07, 6.45) is 8.53. The summed E-state index contributed by atoms with van der Waals surface area (Å²) >= 11 is 0. The van der Waals surface area contributed by atoms with Crippen molar-refractivity contribution in [2.45, 2.75) is 83.2 Å². The Kier molecular flexibility index (Phi) is 9.88. The van der Waals surface area contributed by atoms with Crippen LogP contribution in [-0.4, -0.2) is 41.6 Å². The van der Waals surface area contributed by atoms with Crippen LogP contribution in [0.3, 0.4) is 0 Å². The predicted molar refractivity (Wildman–Crippen MR) is 91.7 cm³/mol. The molecule has 138 valence electrons. The lowest BCUT2D eigenvalue weighted by atomic mass is 9.96. The summed E-state index contributed by atoms with van der Waals surface area (Å²) in [6.45, 7) is 2.29. The quantitative estimate of drug-likeness (QED) is 0.457. The molecule has 0 saturated heterocycles. The number of carboxylic acid groups (broad SMARTS) is 1. The van der Waals surface area contributed by atoms with Gasteiger partial charge in [0.15, 0.2) is 0 Å². The van der Waals surface area contributed by atoms with Crippen LogP contribution in [0.5, 0.6) is 0 Å². The molecule has 0 aromatic carbocycles. The molecular weight excluding hydrogens is 310 g/mol. The van der Waals surface area contributed by atoms with Crippen molar-refractivity contribution < 1.29 is 19.5 Å². The van der Waals surface area contributed by atoms with E-state index in [1.807, 2.05) is 0 Å². The molecule has 0 heterocycles. The van der Waals surface area contributed by atoms with Crippen LogP contribution in [0.4, 0.5) is 4.79 Å². The average Bonchev–Trinajstić information content (AvgIpc) is 2.50. The first kappa shape index (κ1) is 20.3. The first-order valence-corrected chi connectivity index (χ1v) is 9.03. The molecule has 1 aliphatic rings. The highest BCUT2D eigenvalue weighted by Crippen LogP contribution is 2.17. The Morgan fingerprint density at radius 2 is 1.79 bits per heavy atom. The molecule has 0 radical (unpaired) electrons. The normalized spacial score (nSPS) is 16.2. The molecular formula is C17H31N3O4. The van der Waals surface area contributed by atoms with Gasteiger partial charge in [-0.15, -0.1) is 0 Å². The van der Waals surface area contributed by atoms with Crippen LogP contribution >= 0.6 is 0 Å². The highest BCUT2D eigenvalue weighted by atomic mass is 16.4. The molecule has 7 heteroatoms. The van der Waals surface area contributed by atoms with E-state index in [2.05, 4.69) is 16.0 Å². The Bertz CT molecular complexity index is 409. The summed E-state index contributed by atoms with van der Waals surface area (Å²) in [5.74, 6) is -1.04. The molecule has 0 aromatic heterocycles. The van der Waals surface area contributed by atoms with E-state index in [-0.39, 0.29) is 24.4 Å².